The molecule has 4 fully saturated rings. The van der Waals surface area contributed by atoms with Gasteiger partial charge in [-0.05, 0) is 13.8 Å². The Bertz CT molecular complexity index is 3250. The molecule has 0 unspecified atom stereocenters. The highest BCUT2D eigenvalue weighted by molar-refractivity contribution is 5.89. The van der Waals surface area contributed by atoms with Crippen LogP contribution in [0.3, 0.4) is 0 Å². The molecule has 54 heteroatoms. The lowest BCUT2D eigenvalue weighted by Crippen LogP contribution is -2.59. The van der Waals surface area contributed by atoms with Crippen LogP contribution in [0.15, 0.2) is 0 Å². The third-order valence-corrected chi connectivity index (χ3v) is 22.1. The number of hydrogen-bond acceptors (Lipinski definition) is 36. The van der Waals surface area contributed by atoms with Gasteiger partial charge in [-0.3, -0.25) is 174 Å². The van der Waals surface area contributed by atoms with Crippen molar-refractivity contribution in [2.75, 3.05) is 367 Å². The van der Waals surface area contributed by atoms with Crippen molar-refractivity contribution in [2.24, 2.45) is 5.41 Å². The van der Waals surface area contributed by atoms with Gasteiger partial charge < -0.3 is 93.6 Å². The monoisotopic (exact) mass is 1900 g/mol. The summed E-state index contributed by atoms with van der Waals surface area (Å²) in [6.45, 7) is -5.99. The van der Waals surface area contributed by atoms with Crippen LogP contribution < -0.4 is 42.5 Å². The van der Waals surface area contributed by atoms with E-state index >= 15 is 0 Å². The molecule has 0 bridgehead atoms. The van der Waals surface area contributed by atoms with Crippen LogP contribution in [0.1, 0.15) is 13.8 Å². The summed E-state index contributed by atoms with van der Waals surface area (Å²) < 4.78 is 0. The summed E-state index contributed by atoms with van der Waals surface area (Å²) in [5.41, 5.74) is -1.82. The average Bonchev–Trinajstić information content (AvgIpc) is 0.843. The molecule has 0 atom stereocenters. The van der Waals surface area contributed by atoms with Crippen molar-refractivity contribution in [3.63, 3.8) is 0 Å². The van der Waals surface area contributed by atoms with Gasteiger partial charge in [-0.2, -0.15) is 0 Å². The number of ketones is 2. The van der Waals surface area contributed by atoms with Gasteiger partial charge in [-0.15, -0.1) is 0 Å². The molecule has 4 saturated heterocycles. The first-order valence-electron chi connectivity index (χ1n) is 43.8. The smallest absolute Gasteiger partial charge is 0.317 e. The number of carboxylic acids is 10. The number of hydrogen-bond donors (Lipinski definition) is 18. The van der Waals surface area contributed by atoms with E-state index in [0.29, 0.717) is 0 Å². The molecule has 4 rings (SSSR count). The lowest BCUT2D eigenvalue weighted by Gasteiger charge is -2.35. The number of nitrogens with zero attached hydrogens (tertiary/aromatic N) is 16. The zero-order chi connectivity index (χ0) is 98.5. The van der Waals surface area contributed by atoms with Gasteiger partial charge in [0.05, 0.1) is 131 Å². The van der Waals surface area contributed by atoms with E-state index in [1.54, 1.807) is 49.0 Å². The lowest BCUT2D eigenvalue weighted by atomic mass is 9.86. The van der Waals surface area contributed by atoms with E-state index in [0.717, 1.165) is 0 Å². The summed E-state index contributed by atoms with van der Waals surface area (Å²) in [6.07, 6.45) is 0. The second kappa shape index (κ2) is 62.6. The van der Waals surface area contributed by atoms with E-state index < -0.39 is 230 Å². The van der Waals surface area contributed by atoms with Crippen molar-refractivity contribution in [3.05, 3.63) is 0 Å². The Balaban J connectivity index is 1.74. The summed E-state index contributed by atoms with van der Waals surface area (Å²) >= 11 is 0. The van der Waals surface area contributed by atoms with Crippen LogP contribution >= 0.6 is 0 Å². The van der Waals surface area contributed by atoms with E-state index in [4.69, 9.17) is 0 Å². The molecule has 4 aliphatic rings. The van der Waals surface area contributed by atoms with E-state index in [1.165, 1.54) is 43.2 Å². The summed E-state index contributed by atoms with van der Waals surface area (Å²) in [5.74, 6) is -18.8. The van der Waals surface area contributed by atoms with Gasteiger partial charge in [0.25, 0.3) is 0 Å². The van der Waals surface area contributed by atoms with E-state index in [1.807, 2.05) is 0 Å². The summed E-state index contributed by atoms with van der Waals surface area (Å²) in [6, 6.07) is 0. The Hall–Kier alpha value is -10.8. The molecule has 54 nitrogen and oxygen atoms in total. The number of amides is 8. The molecule has 0 aliphatic carbocycles. The maximum Gasteiger partial charge on any atom is 0.317 e. The highest BCUT2D eigenvalue weighted by atomic mass is 16.4. The van der Waals surface area contributed by atoms with Crippen LogP contribution in [0.25, 0.3) is 0 Å². The van der Waals surface area contributed by atoms with Gasteiger partial charge in [0.1, 0.15) is 11.6 Å². The molecule has 18 N–H and O–H groups in total. The summed E-state index contributed by atoms with van der Waals surface area (Å²) in [7, 11) is 0. The Morgan fingerprint density at radius 2 is 0.271 bits per heavy atom. The number of Topliss-reactive ketones (excluding diaryl/α,β-unsaturated/α-hetero) is 2. The largest absolute Gasteiger partial charge is 0.480 e. The molecule has 0 aromatic heterocycles. The SMILES string of the molecule is CC(=O)CN1CCN(CC(=O)O)CCN(CC(=O)O)CCN(CC(=O)NCC(=O)NCC(CNC(=O)CNC(=O)CN2CCN(CC(C)=O)CCN(CC(=O)O)CCN(CC(=O)O)CC2)(CNC(=O)CNC(=O)CN2CCN(CC(=O)O)CCN(CC(=O)O)CCN(CC(=O)O)CC2)CNC(=O)CNC(=O)CN2CCN(CC(=O)O)CCN(CC(=O)O)CCN(CC(=O)O)CC2)CC1. The first kappa shape index (κ1) is 114. The molecule has 0 spiro atoms. The molecule has 0 aromatic rings. The van der Waals surface area contributed by atoms with Crippen LogP contribution in [0.4, 0.5) is 0 Å². The molecule has 0 saturated carbocycles. The highest BCUT2D eigenvalue weighted by Crippen LogP contribution is 2.15. The molecule has 752 valence electrons. The van der Waals surface area contributed by atoms with E-state index in [9.17, 15) is 147 Å². The number of nitrogens with one attached hydrogen (secondary N) is 8. The van der Waals surface area contributed by atoms with Crippen molar-refractivity contribution in [1.29, 1.82) is 0 Å². The summed E-state index contributed by atoms with van der Waals surface area (Å²) in [4.78, 5) is 283. The maximum atomic E-state index is 14.3. The third-order valence-electron chi connectivity index (χ3n) is 22.1. The van der Waals surface area contributed by atoms with Gasteiger partial charge in [0.2, 0.25) is 47.3 Å². The average molecular weight is 1900 g/mol. The van der Waals surface area contributed by atoms with Crippen LogP contribution in [-0.2, 0) is 95.9 Å². The van der Waals surface area contributed by atoms with Gasteiger partial charge in [0, 0.05) is 241 Å². The predicted octanol–water partition coefficient (Wildman–Crippen LogP) is -14.2. The fourth-order valence-corrected chi connectivity index (χ4v) is 14.9. The molecule has 8 amide bonds. The normalized spacial score (nSPS) is 18.5. The quantitative estimate of drug-likeness (QED) is 0.0269. The molecule has 4 heterocycles. The highest BCUT2D eigenvalue weighted by Gasteiger charge is 2.35. The van der Waals surface area contributed by atoms with Gasteiger partial charge in [0.15, 0.2) is 0 Å². The standard InChI is InChI=1S/C79H136N24O30/c1-59(104)39-88-3-7-90(9-17-96(47-71(118)119)25-23-94(15-5-88)45-69(114)115)41-65(110)80-35-61(106)84-55-79(56-85-62(107)36-81-66(111)42-91-8-4-89(40-60(2)105)6-16-95(46-70(116)117)24-26-97(18-10-91)48-72(120)121,57-86-63(108)37-82-67(112)43-92-11-19-98(49-73(122)123)27-31-102(53-77(130)131)32-28-99(20-12-92)50-74(124)125)58-87-64(109)38-83-68(113)44-93-13-21-100(51-75(126)127)29-33-103(54-78(132)133)34-30-101(22-14-93)52-76(128)129/h3-58H2,1-2H3,(H,80,110)(H,81,111)(H,82,112)(H,83,113)(H,84,106)(H,85,107)(H,86,108)(H,87,109)(H,114,115)(H,116,117)(H,118,119)(H,120,121)(H,122,123)(H,124,125)(H,126,127)(H,128,129)(H,130,131)(H,132,133). The minimum absolute atomic E-state index is 0.0141. The number of aliphatic carboxylic acids is 10. The van der Waals surface area contributed by atoms with Crippen LogP contribution in [-0.4, -0.2) is 614 Å². The Labute approximate surface area is 769 Å². The molecule has 133 heavy (non-hydrogen) atoms. The Kier molecular flexibility index (Phi) is 53.9. The van der Waals surface area contributed by atoms with Gasteiger partial charge >= 0.3 is 59.7 Å². The van der Waals surface area contributed by atoms with E-state index in [2.05, 4.69) is 42.5 Å². The Morgan fingerprint density at radius 1 is 0.165 bits per heavy atom. The second-order valence-electron chi connectivity index (χ2n) is 33.5. The Morgan fingerprint density at radius 3 is 0.376 bits per heavy atom. The fourth-order valence-electron chi connectivity index (χ4n) is 14.9. The van der Waals surface area contributed by atoms with Gasteiger partial charge in [-0.25, -0.2) is 0 Å². The minimum atomic E-state index is -1.82. The summed E-state index contributed by atoms with van der Waals surface area (Å²) in [5, 5.41) is 118. The van der Waals surface area contributed by atoms with Crippen molar-refractivity contribution < 1.29 is 147 Å². The van der Waals surface area contributed by atoms with Gasteiger partial charge in [-0.1, -0.05) is 0 Å². The van der Waals surface area contributed by atoms with Crippen LogP contribution in [0.5, 0.6) is 0 Å². The molecule has 0 aromatic carbocycles. The van der Waals surface area contributed by atoms with Crippen LogP contribution in [0, 0.1) is 5.41 Å². The number of carbonyl (C=O) groups is 20. The zero-order valence-electron chi connectivity index (χ0n) is 75.9. The number of rotatable bonds is 48. The predicted molar refractivity (Wildman–Crippen MR) is 467 cm³/mol. The van der Waals surface area contributed by atoms with Crippen LogP contribution in [0.2, 0.25) is 0 Å². The fraction of sp³-hybridized carbons (Fsp3) is 0.747. The van der Waals surface area contributed by atoms with Crippen molar-refractivity contribution in [2.45, 2.75) is 13.8 Å². The molecule has 0 radical (unpaired) electrons. The first-order valence-corrected chi connectivity index (χ1v) is 43.8. The topological polar surface area (TPSA) is 692 Å². The van der Waals surface area contributed by atoms with Crippen molar-refractivity contribution >= 4 is 119 Å². The third kappa shape index (κ3) is 54.8. The lowest BCUT2D eigenvalue weighted by molar-refractivity contribution is -0.140. The number of carbonyl (C=O) groups excluding carboxylic acids is 10. The minimum Gasteiger partial charge on any atom is -0.480 e. The molecular weight excluding hydrogens is 1770 g/mol. The van der Waals surface area contributed by atoms with Crippen molar-refractivity contribution in [3.8, 4) is 0 Å². The number of carboxylic acid groups (broad SMARTS) is 10. The first-order chi connectivity index (χ1) is 62.9. The van der Waals surface area contributed by atoms with Crippen molar-refractivity contribution in [1.82, 2.24) is 121 Å². The van der Waals surface area contributed by atoms with E-state index in [-0.39, 0.29) is 260 Å². The molecular formula is C79H136N24O30. The maximum absolute atomic E-state index is 14.3. The zero-order valence-corrected chi connectivity index (χ0v) is 75.9. The second-order valence-corrected chi connectivity index (χ2v) is 33.5. The molecule has 4 aliphatic heterocycles.